The fourth-order valence-electron chi connectivity index (χ4n) is 2.80. The number of likely N-dealkylation sites (tertiary alicyclic amines) is 1. The van der Waals surface area contributed by atoms with E-state index in [9.17, 15) is 22.8 Å². The molecule has 7 heteroatoms. The molecule has 1 N–H and O–H groups in total. The lowest BCUT2D eigenvalue weighted by Crippen LogP contribution is -2.40. The molecule has 1 heterocycles. The minimum Gasteiger partial charge on any atom is -0.481 e. The lowest BCUT2D eigenvalue weighted by Gasteiger charge is -2.32. The van der Waals surface area contributed by atoms with Crippen LogP contribution in [0.5, 0.6) is 0 Å². The maximum Gasteiger partial charge on any atom is 0.416 e. The number of nitrogens with zero attached hydrogens (tertiary/aromatic N) is 1. The van der Waals surface area contributed by atoms with Gasteiger partial charge in [0.05, 0.1) is 5.56 Å². The van der Waals surface area contributed by atoms with Crippen LogP contribution in [0.1, 0.15) is 41.6 Å². The topological polar surface area (TPSA) is 57.6 Å². The number of carbonyl (C=O) groups is 2. The second-order valence-electron chi connectivity index (χ2n) is 5.77. The molecule has 1 aromatic rings. The van der Waals surface area contributed by atoms with E-state index in [1.54, 1.807) is 4.90 Å². The number of amides is 1. The number of piperidine rings is 1. The molecule has 1 fully saturated rings. The van der Waals surface area contributed by atoms with Crippen molar-refractivity contribution in [2.45, 2.75) is 31.9 Å². The summed E-state index contributed by atoms with van der Waals surface area (Å²) >= 11 is 0. The average molecular weight is 329 g/mol. The van der Waals surface area contributed by atoms with Gasteiger partial charge in [0.1, 0.15) is 0 Å². The Kier molecular flexibility index (Phi) is 5.28. The van der Waals surface area contributed by atoms with E-state index in [1.165, 1.54) is 12.1 Å². The maximum absolute atomic E-state index is 12.5. The van der Waals surface area contributed by atoms with Crippen LogP contribution in [-0.2, 0) is 11.0 Å². The molecule has 23 heavy (non-hydrogen) atoms. The summed E-state index contributed by atoms with van der Waals surface area (Å²) in [5, 5.41) is 8.72. The van der Waals surface area contributed by atoms with Crippen molar-refractivity contribution < 1.29 is 27.9 Å². The zero-order valence-corrected chi connectivity index (χ0v) is 12.5. The van der Waals surface area contributed by atoms with Crippen LogP contribution in [0.4, 0.5) is 13.2 Å². The van der Waals surface area contributed by atoms with Crippen LogP contribution in [0.15, 0.2) is 24.3 Å². The van der Waals surface area contributed by atoms with Crippen LogP contribution in [0, 0.1) is 5.92 Å². The summed E-state index contributed by atoms with van der Waals surface area (Å²) in [4.78, 5) is 24.6. The van der Waals surface area contributed by atoms with Crippen molar-refractivity contribution in [3.63, 3.8) is 0 Å². The molecule has 1 unspecified atom stereocenters. The molecule has 1 aromatic carbocycles. The van der Waals surface area contributed by atoms with E-state index in [1.807, 2.05) is 0 Å². The Balaban J connectivity index is 2.00. The molecule has 0 radical (unpaired) electrons. The first-order valence-corrected chi connectivity index (χ1v) is 7.45. The Hall–Kier alpha value is -2.05. The highest BCUT2D eigenvalue weighted by Crippen LogP contribution is 2.29. The first-order chi connectivity index (χ1) is 10.8. The number of benzene rings is 1. The molecular formula is C16H18F3NO3. The second kappa shape index (κ2) is 7.02. The van der Waals surface area contributed by atoms with E-state index < -0.39 is 17.7 Å². The number of carboxylic acids is 1. The van der Waals surface area contributed by atoms with Crippen molar-refractivity contribution in [1.82, 2.24) is 4.90 Å². The largest absolute Gasteiger partial charge is 0.481 e. The van der Waals surface area contributed by atoms with Crippen molar-refractivity contribution in [2.24, 2.45) is 5.92 Å². The number of rotatable bonds is 4. The highest BCUT2D eigenvalue weighted by Gasteiger charge is 2.31. The Labute approximate surface area is 131 Å². The summed E-state index contributed by atoms with van der Waals surface area (Å²) in [7, 11) is 0. The van der Waals surface area contributed by atoms with Crippen molar-refractivity contribution in [2.75, 3.05) is 13.1 Å². The summed E-state index contributed by atoms with van der Waals surface area (Å²) in [6.07, 6.45) is -2.21. The van der Waals surface area contributed by atoms with E-state index in [-0.39, 0.29) is 23.8 Å². The van der Waals surface area contributed by atoms with Gasteiger partial charge in [-0.15, -0.1) is 0 Å². The van der Waals surface area contributed by atoms with Crippen LogP contribution < -0.4 is 0 Å². The predicted octanol–water partition coefficient (Wildman–Crippen LogP) is 3.42. The van der Waals surface area contributed by atoms with E-state index in [4.69, 9.17) is 5.11 Å². The van der Waals surface area contributed by atoms with E-state index in [0.29, 0.717) is 19.5 Å². The fourth-order valence-corrected chi connectivity index (χ4v) is 2.80. The third-order valence-corrected chi connectivity index (χ3v) is 4.03. The smallest absolute Gasteiger partial charge is 0.416 e. The van der Waals surface area contributed by atoms with Gasteiger partial charge in [-0.2, -0.15) is 13.2 Å². The number of aliphatic carboxylic acids is 1. The maximum atomic E-state index is 12.5. The minimum atomic E-state index is -4.42. The van der Waals surface area contributed by atoms with Crippen LogP contribution in [0.2, 0.25) is 0 Å². The molecule has 1 amide bonds. The molecule has 4 nitrogen and oxygen atoms in total. The van der Waals surface area contributed by atoms with Crippen LogP contribution in [-0.4, -0.2) is 35.0 Å². The van der Waals surface area contributed by atoms with Gasteiger partial charge in [0, 0.05) is 25.1 Å². The van der Waals surface area contributed by atoms with Gasteiger partial charge in [0.15, 0.2) is 0 Å². The van der Waals surface area contributed by atoms with Crippen molar-refractivity contribution in [3.8, 4) is 0 Å². The number of hydrogen-bond acceptors (Lipinski definition) is 2. The van der Waals surface area contributed by atoms with Gasteiger partial charge in [0.25, 0.3) is 5.91 Å². The Morgan fingerprint density at radius 3 is 2.43 bits per heavy atom. The van der Waals surface area contributed by atoms with Crippen molar-refractivity contribution in [3.05, 3.63) is 35.4 Å². The zero-order chi connectivity index (χ0) is 17.0. The third kappa shape index (κ3) is 4.71. The van der Waals surface area contributed by atoms with E-state index in [2.05, 4.69) is 0 Å². The van der Waals surface area contributed by atoms with Gasteiger partial charge in [-0.05, 0) is 49.4 Å². The normalized spacial score (nSPS) is 18.7. The van der Waals surface area contributed by atoms with Crippen LogP contribution in [0.25, 0.3) is 0 Å². The summed E-state index contributed by atoms with van der Waals surface area (Å²) in [6.45, 7) is 0.997. The van der Waals surface area contributed by atoms with Gasteiger partial charge in [-0.25, -0.2) is 0 Å². The molecule has 1 aliphatic heterocycles. The molecular weight excluding hydrogens is 311 g/mol. The molecule has 126 valence electrons. The molecule has 1 aliphatic rings. The highest BCUT2D eigenvalue weighted by atomic mass is 19.4. The minimum absolute atomic E-state index is 0.0625. The molecule has 0 aromatic heterocycles. The Bertz CT molecular complexity index is 569. The van der Waals surface area contributed by atoms with Crippen LogP contribution in [0.3, 0.4) is 0 Å². The number of carbonyl (C=O) groups excluding carboxylic acids is 1. The monoisotopic (exact) mass is 329 g/mol. The lowest BCUT2D eigenvalue weighted by atomic mass is 9.93. The number of halogens is 3. The molecule has 0 bridgehead atoms. The molecule has 2 rings (SSSR count). The van der Waals surface area contributed by atoms with Gasteiger partial charge in [-0.1, -0.05) is 0 Å². The van der Waals surface area contributed by atoms with Gasteiger partial charge < -0.3 is 10.0 Å². The average Bonchev–Trinajstić information content (AvgIpc) is 2.52. The first kappa shape index (κ1) is 17.3. The van der Waals surface area contributed by atoms with E-state index in [0.717, 1.165) is 25.0 Å². The summed E-state index contributed by atoms with van der Waals surface area (Å²) in [6, 6.07) is 4.18. The summed E-state index contributed by atoms with van der Waals surface area (Å²) in [5.74, 6) is -1.05. The van der Waals surface area contributed by atoms with Crippen molar-refractivity contribution in [1.29, 1.82) is 0 Å². The highest BCUT2D eigenvalue weighted by molar-refractivity contribution is 5.94. The quantitative estimate of drug-likeness (QED) is 0.921. The molecule has 0 aliphatic carbocycles. The molecule has 0 spiro atoms. The van der Waals surface area contributed by atoms with Gasteiger partial charge in [-0.3, -0.25) is 9.59 Å². The number of hydrogen-bond donors (Lipinski definition) is 1. The molecule has 1 saturated heterocycles. The predicted molar refractivity (Wildman–Crippen MR) is 76.9 cm³/mol. The lowest BCUT2D eigenvalue weighted by molar-refractivity contribution is -0.138. The number of carboxylic acid groups (broad SMARTS) is 1. The fraction of sp³-hybridized carbons (Fsp3) is 0.500. The second-order valence-corrected chi connectivity index (χ2v) is 5.77. The van der Waals surface area contributed by atoms with Crippen molar-refractivity contribution >= 4 is 11.9 Å². The van der Waals surface area contributed by atoms with Gasteiger partial charge >= 0.3 is 12.1 Å². The van der Waals surface area contributed by atoms with Crippen LogP contribution >= 0.6 is 0 Å². The Morgan fingerprint density at radius 2 is 1.87 bits per heavy atom. The summed E-state index contributed by atoms with van der Waals surface area (Å²) in [5.41, 5.74) is -0.566. The summed E-state index contributed by atoms with van der Waals surface area (Å²) < 4.78 is 37.6. The molecule has 1 atom stereocenters. The number of alkyl halides is 3. The zero-order valence-electron chi connectivity index (χ0n) is 12.5. The standard InChI is InChI=1S/C16H18F3NO3/c17-16(18,19)13-6-4-12(5-7-13)15(23)20-9-1-2-11(10-20)3-8-14(21)22/h4-7,11H,1-3,8-10H2,(H,21,22). The third-order valence-electron chi connectivity index (χ3n) is 4.03. The van der Waals surface area contributed by atoms with Gasteiger partial charge in [0.2, 0.25) is 0 Å². The first-order valence-electron chi connectivity index (χ1n) is 7.45. The SMILES string of the molecule is O=C(O)CCC1CCCN(C(=O)c2ccc(C(F)(F)F)cc2)C1. The molecule has 0 saturated carbocycles. The Morgan fingerprint density at radius 1 is 1.22 bits per heavy atom. The van der Waals surface area contributed by atoms with E-state index >= 15 is 0 Å².